The number of hydrogen-bond acceptors (Lipinski definition) is 8. The van der Waals surface area contributed by atoms with Gasteiger partial charge in [0, 0.05) is 55.2 Å². The molecular weight excluding hydrogens is 464 g/mol. The molecule has 1 atom stereocenters. The summed E-state index contributed by atoms with van der Waals surface area (Å²) in [7, 11) is 2.08. The van der Waals surface area contributed by atoms with E-state index in [-0.39, 0.29) is 22.6 Å². The normalized spacial score (nSPS) is 20.2. The zero-order valence-corrected chi connectivity index (χ0v) is 19.5. The number of nitro benzene ring substituents is 1. The summed E-state index contributed by atoms with van der Waals surface area (Å²) in [6.07, 6.45) is 1.42. The Morgan fingerprint density at radius 2 is 1.69 bits per heavy atom. The number of likely N-dealkylation sites (N-methyl/N-ethyl adjacent to an activating group) is 1. The van der Waals surface area contributed by atoms with Gasteiger partial charge in [0.15, 0.2) is 0 Å². The average molecular weight is 489 g/mol. The Bertz CT molecular complexity index is 1340. The summed E-state index contributed by atoms with van der Waals surface area (Å²) in [6.45, 7) is 3.67. The average Bonchev–Trinajstić information content (AvgIpc) is 3.51. The fourth-order valence-corrected chi connectivity index (χ4v) is 4.63. The van der Waals surface area contributed by atoms with Crippen molar-refractivity contribution in [2.75, 3.05) is 43.0 Å². The first-order valence-corrected chi connectivity index (χ1v) is 11.5. The predicted octanol–water partition coefficient (Wildman–Crippen LogP) is 3.57. The van der Waals surface area contributed by atoms with Crippen LogP contribution in [0.5, 0.6) is 0 Å². The van der Waals surface area contributed by atoms with Gasteiger partial charge in [-0.15, -0.1) is 0 Å². The van der Waals surface area contributed by atoms with Crippen LogP contribution in [0.1, 0.15) is 17.4 Å². The number of rotatable bonds is 5. The van der Waals surface area contributed by atoms with E-state index < -0.39 is 28.4 Å². The molecule has 1 amide bonds. The molecule has 3 aromatic rings. The van der Waals surface area contributed by atoms with E-state index in [0.29, 0.717) is 5.69 Å². The van der Waals surface area contributed by atoms with Gasteiger partial charge in [-0.2, -0.15) is 0 Å². The maximum atomic E-state index is 13.2. The number of aliphatic hydroxyl groups excluding tert-OH is 1. The molecular formula is C26H24N4O6. The maximum absolute atomic E-state index is 13.2. The van der Waals surface area contributed by atoms with Crippen molar-refractivity contribution >= 4 is 34.5 Å². The summed E-state index contributed by atoms with van der Waals surface area (Å²) in [4.78, 5) is 42.8. The minimum Gasteiger partial charge on any atom is -0.507 e. The first-order valence-electron chi connectivity index (χ1n) is 11.5. The first kappa shape index (κ1) is 23.3. The third-order valence-electron chi connectivity index (χ3n) is 6.58. The quantitative estimate of drug-likeness (QED) is 0.190. The van der Waals surface area contributed by atoms with E-state index in [0.717, 1.165) is 37.9 Å². The van der Waals surface area contributed by atoms with Gasteiger partial charge >= 0.3 is 0 Å². The van der Waals surface area contributed by atoms with E-state index in [1.807, 2.05) is 12.1 Å². The second kappa shape index (κ2) is 9.31. The van der Waals surface area contributed by atoms with Gasteiger partial charge in [0.1, 0.15) is 17.6 Å². The molecule has 3 heterocycles. The highest BCUT2D eigenvalue weighted by molar-refractivity contribution is 6.51. The Balaban J connectivity index is 1.55. The Labute approximate surface area is 206 Å². The van der Waals surface area contributed by atoms with Gasteiger partial charge in [0.05, 0.1) is 16.8 Å². The molecule has 0 bridgehead atoms. The fraction of sp³-hybridized carbons (Fsp3) is 0.231. The van der Waals surface area contributed by atoms with Crippen molar-refractivity contribution in [3.05, 3.63) is 93.9 Å². The molecule has 0 saturated carbocycles. The van der Waals surface area contributed by atoms with Gasteiger partial charge in [-0.3, -0.25) is 24.6 Å². The molecule has 1 aromatic heterocycles. The van der Waals surface area contributed by atoms with Crippen molar-refractivity contribution in [2.45, 2.75) is 6.04 Å². The predicted molar refractivity (Wildman–Crippen MR) is 133 cm³/mol. The molecule has 184 valence electrons. The van der Waals surface area contributed by atoms with Crippen LogP contribution in [0.15, 0.2) is 76.9 Å². The number of nitrogens with zero attached hydrogens (tertiary/aromatic N) is 4. The minimum absolute atomic E-state index is 0.0594. The number of furan rings is 1. The molecule has 1 unspecified atom stereocenters. The Kier molecular flexibility index (Phi) is 6.03. The molecule has 2 aliphatic heterocycles. The Morgan fingerprint density at radius 1 is 1.00 bits per heavy atom. The molecule has 2 fully saturated rings. The van der Waals surface area contributed by atoms with Crippen LogP contribution in [-0.2, 0) is 9.59 Å². The van der Waals surface area contributed by atoms with Crippen molar-refractivity contribution in [3.63, 3.8) is 0 Å². The lowest BCUT2D eigenvalue weighted by Gasteiger charge is -2.34. The number of amides is 1. The number of nitro groups is 1. The van der Waals surface area contributed by atoms with E-state index in [1.54, 1.807) is 24.3 Å². The van der Waals surface area contributed by atoms with Crippen molar-refractivity contribution in [1.82, 2.24) is 4.90 Å². The van der Waals surface area contributed by atoms with Gasteiger partial charge in [-0.1, -0.05) is 12.1 Å². The van der Waals surface area contributed by atoms with Crippen LogP contribution in [-0.4, -0.2) is 59.8 Å². The molecule has 5 rings (SSSR count). The number of aliphatic hydroxyl groups is 1. The summed E-state index contributed by atoms with van der Waals surface area (Å²) in [5, 5.41) is 22.3. The number of hydrogen-bond donors (Lipinski definition) is 1. The highest BCUT2D eigenvalue weighted by atomic mass is 16.6. The molecule has 2 aliphatic rings. The molecule has 0 aliphatic carbocycles. The summed E-state index contributed by atoms with van der Waals surface area (Å²) < 4.78 is 5.56. The van der Waals surface area contributed by atoms with Gasteiger partial charge in [-0.25, -0.2) is 0 Å². The zero-order chi connectivity index (χ0) is 25.4. The maximum Gasteiger partial charge on any atom is 0.300 e. The van der Waals surface area contributed by atoms with Gasteiger partial charge in [0.25, 0.3) is 17.4 Å². The van der Waals surface area contributed by atoms with Gasteiger partial charge in [-0.05, 0) is 43.4 Å². The van der Waals surface area contributed by atoms with E-state index in [2.05, 4.69) is 16.8 Å². The number of carbonyl (C=O) groups excluding carboxylic acids is 2. The van der Waals surface area contributed by atoms with Crippen molar-refractivity contribution < 1.29 is 24.0 Å². The monoisotopic (exact) mass is 488 g/mol. The molecule has 1 N–H and O–H groups in total. The van der Waals surface area contributed by atoms with Crippen molar-refractivity contribution in [3.8, 4) is 0 Å². The summed E-state index contributed by atoms with van der Waals surface area (Å²) >= 11 is 0. The highest BCUT2D eigenvalue weighted by Crippen LogP contribution is 2.42. The smallest absolute Gasteiger partial charge is 0.300 e. The van der Waals surface area contributed by atoms with Crippen molar-refractivity contribution in [2.24, 2.45) is 0 Å². The van der Waals surface area contributed by atoms with Crippen LogP contribution in [0.4, 0.5) is 17.1 Å². The molecule has 2 saturated heterocycles. The first-order chi connectivity index (χ1) is 17.3. The number of non-ortho nitro benzene ring substituents is 1. The van der Waals surface area contributed by atoms with Gasteiger partial charge < -0.3 is 19.3 Å². The summed E-state index contributed by atoms with van der Waals surface area (Å²) in [5.74, 6) is -1.95. The lowest BCUT2D eigenvalue weighted by atomic mass is 9.99. The number of benzene rings is 2. The van der Waals surface area contributed by atoms with E-state index >= 15 is 0 Å². The second-order valence-corrected chi connectivity index (χ2v) is 8.80. The molecule has 36 heavy (non-hydrogen) atoms. The standard InChI is InChI=1S/C26H24N4O6/c1-27-11-13-28(14-12-27)18-7-9-19(10-8-18)29-23(21-6-3-15-36-21)22(25(32)26(29)33)24(31)17-4-2-5-20(16-17)30(34)35/h2-10,15-16,23,31H,11-14H2,1H3/b24-22-. The molecule has 0 radical (unpaired) electrons. The lowest BCUT2D eigenvalue weighted by Crippen LogP contribution is -2.44. The SMILES string of the molecule is CN1CCN(c2ccc(N3C(=O)C(=O)/C(=C(\O)c4cccc([N+](=O)[O-])c4)C3c3ccco3)cc2)CC1. The third kappa shape index (κ3) is 4.11. The largest absolute Gasteiger partial charge is 0.507 e. The second-order valence-electron chi connectivity index (χ2n) is 8.80. The van der Waals surface area contributed by atoms with E-state index in [4.69, 9.17) is 4.42 Å². The summed E-state index contributed by atoms with van der Waals surface area (Å²) in [6, 6.07) is 14.8. The highest BCUT2D eigenvalue weighted by Gasteiger charge is 2.48. The topological polar surface area (TPSA) is 120 Å². The third-order valence-corrected chi connectivity index (χ3v) is 6.58. The lowest BCUT2D eigenvalue weighted by molar-refractivity contribution is -0.384. The van der Waals surface area contributed by atoms with E-state index in [1.165, 1.54) is 29.4 Å². The van der Waals surface area contributed by atoms with Crippen LogP contribution in [0.3, 0.4) is 0 Å². The number of Topliss-reactive ketones (excluding diaryl/α,β-unsaturated/α-hetero) is 1. The fourth-order valence-electron chi connectivity index (χ4n) is 4.63. The summed E-state index contributed by atoms with van der Waals surface area (Å²) in [5.41, 5.74) is 1.09. The van der Waals surface area contributed by atoms with Crippen molar-refractivity contribution in [1.29, 1.82) is 0 Å². The van der Waals surface area contributed by atoms with Crippen LogP contribution >= 0.6 is 0 Å². The van der Waals surface area contributed by atoms with Crippen LogP contribution in [0.25, 0.3) is 5.76 Å². The molecule has 10 nitrogen and oxygen atoms in total. The molecule has 0 spiro atoms. The molecule has 10 heteroatoms. The number of piperazine rings is 1. The van der Waals surface area contributed by atoms with Crippen LogP contribution in [0, 0.1) is 10.1 Å². The number of anilines is 2. The van der Waals surface area contributed by atoms with E-state index in [9.17, 15) is 24.8 Å². The van der Waals surface area contributed by atoms with Crippen LogP contribution < -0.4 is 9.80 Å². The Morgan fingerprint density at radius 3 is 2.33 bits per heavy atom. The minimum atomic E-state index is -1.03. The number of carbonyl (C=O) groups is 2. The number of ketones is 1. The van der Waals surface area contributed by atoms with Gasteiger partial charge in [0.2, 0.25) is 0 Å². The Hall–Kier alpha value is -4.44. The zero-order valence-electron chi connectivity index (χ0n) is 19.5. The van der Waals surface area contributed by atoms with Crippen LogP contribution in [0.2, 0.25) is 0 Å². The molecule has 2 aromatic carbocycles.